The van der Waals surface area contributed by atoms with E-state index in [-0.39, 0.29) is 24.3 Å². The van der Waals surface area contributed by atoms with Gasteiger partial charge in [0.25, 0.3) is 5.91 Å². The lowest BCUT2D eigenvalue weighted by molar-refractivity contribution is 0.0572. The maximum Gasteiger partial charge on any atom is 0.324 e. The second-order valence-electron chi connectivity index (χ2n) is 7.46. The van der Waals surface area contributed by atoms with Gasteiger partial charge in [-0.05, 0) is 31.0 Å². The van der Waals surface area contributed by atoms with Crippen LogP contribution in [0.5, 0.6) is 0 Å². The van der Waals surface area contributed by atoms with Crippen molar-refractivity contribution in [1.82, 2.24) is 20.4 Å². The first-order chi connectivity index (χ1) is 14.3. The Bertz CT molecular complexity index is 958. The molecule has 160 valence electrons. The smallest absolute Gasteiger partial charge is 0.324 e. The van der Waals surface area contributed by atoms with Crippen molar-refractivity contribution in [2.24, 2.45) is 0 Å². The second-order valence-corrected chi connectivity index (χ2v) is 7.46. The van der Waals surface area contributed by atoms with Crippen LogP contribution in [0.4, 0.5) is 19.4 Å². The number of halogens is 2. The number of aromatic nitrogens is 2. The zero-order valence-corrected chi connectivity index (χ0v) is 15.9. The number of amides is 3. The van der Waals surface area contributed by atoms with E-state index in [4.69, 9.17) is 0 Å². The largest absolute Gasteiger partial charge is 0.388 e. The van der Waals surface area contributed by atoms with Gasteiger partial charge >= 0.3 is 6.03 Å². The van der Waals surface area contributed by atoms with E-state index >= 15 is 0 Å². The number of urea groups is 1. The van der Waals surface area contributed by atoms with Crippen LogP contribution < -0.4 is 10.2 Å². The Morgan fingerprint density at radius 3 is 2.63 bits per heavy atom. The number of nitrogens with zero attached hydrogens (tertiary/aromatic N) is 3. The van der Waals surface area contributed by atoms with Crippen LogP contribution in [0.1, 0.15) is 34.9 Å². The third kappa shape index (κ3) is 3.85. The normalized spacial score (nSPS) is 23.8. The summed E-state index contributed by atoms with van der Waals surface area (Å²) in [5.41, 5.74) is 0.242. The summed E-state index contributed by atoms with van der Waals surface area (Å²) in [5.74, 6) is -1.40. The van der Waals surface area contributed by atoms with Crippen molar-refractivity contribution in [3.05, 3.63) is 47.2 Å². The van der Waals surface area contributed by atoms with Crippen molar-refractivity contribution in [2.45, 2.75) is 31.1 Å². The first-order valence-electron chi connectivity index (χ1n) is 9.57. The molecule has 2 fully saturated rings. The van der Waals surface area contributed by atoms with Crippen LogP contribution in [-0.4, -0.2) is 69.1 Å². The van der Waals surface area contributed by atoms with Crippen molar-refractivity contribution in [1.29, 1.82) is 0 Å². The van der Waals surface area contributed by atoms with E-state index in [0.717, 1.165) is 29.5 Å². The predicted molar refractivity (Wildman–Crippen MR) is 101 cm³/mol. The third-order valence-electron chi connectivity index (χ3n) is 5.44. The fraction of sp³-hybridized carbons (Fsp3) is 0.421. The summed E-state index contributed by atoms with van der Waals surface area (Å²) in [6, 6.07) is 3.58. The molecule has 11 heteroatoms. The fourth-order valence-corrected chi connectivity index (χ4v) is 3.89. The number of hydrogen-bond acceptors (Lipinski definition) is 6. The van der Waals surface area contributed by atoms with Gasteiger partial charge in [-0.25, -0.2) is 13.6 Å². The first kappa shape index (κ1) is 20.2. The molecule has 2 unspecified atom stereocenters. The zero-order chi connectivity index (χ0) is 21.4. The van der Waals surface area contributed by atoms with Gasteiger partial charge in [0.2, 0.25) is 0 Å². The van der Waals surface area contributed by atoms with Crippen LogP contribution in [0.2, 0.25) is 0 Å². The summed E-state index contributed by atoms with van der Waals surface area (Å²) < 4.78 is 27.8. The average molecular weight is 421 g/mol. The number of benzene rings is 1. The summed E-state index contributed by atoms with van der Waals surface area (Å²) in [7, 11) is 0. The van der Waals surface area contributed by atoms with Crippen molar-refractivity contribution in [3.8, 4) is 0 Å². The number of aliphatic hydroxyl groups excluding tert-OH is 2. The molecule has 2 saturated heterocycles. The van der Waals surface area contributed by atoms with Crippen LogP contribution in [0, 0.1) is 11.6 Å². The van der Waals surface area contributed by atoms with Crippen LogP contribution in [0.25, 0.3) is 0 Å². The molecule has 4 rings (SSSR count). The van der Waals surface area contributed by atoms with Crippen LogP contribution in [0.3, 0.4) is 0 Å². The fourth-order valence-electron chi connectivity index (χ4n) is 3.89. The highest BCUT2D eigenvalue weighted by Crippen LogP contribution is 2.36. The monoisotopic (exact) mass is 421 g/mol. The van der Waals surface area contributed by atoms with Crippen LogP contribution >= 0.6 is 0 Å². The Balaban J connectivity index is 1.46. The lowest BCUT2D eigenvalue weighted by atomic mass is 10.0. The standard InChI is InChI=1S/C19H21F2N5O4/c20-10-3-4-12(21)11(6-10)14-2-1-5-26(14)17-7-13(23-24-17)18(29)22-19(30)25-8-15(27)16(28)9-25/h3-4,6-7,14-16,27-28H,1-2,5,8-9H2,(H,23,24)(H,22,29,30)/t14-,15?,16?/m1/s1. The molecule has 2 aromatic rings. The Morgan fingerprint density at radius 2 is 1.90 bits per heavy atom. The number of rotatable bonds is 3. The number of hydrogen-bond donors (Lipinski definition) is 4. The summed E-state index contributed by atoms with van der Waals surface area (Å²) in [4.78, 5) is 27.4. The number of nitrogens with one attached hydrogen (secondary N) is 2. The molecule has 0 saturated carbocycles. The van der Waals surface area contributed by atoms with Crippen molar-refractivity contribution < 1.29 is 28.6 Å². The minimum Gasteiger partial charge on any atom is -0.388 e. The number of imide groups is 1. The highest BCUT2D eigenvalue weighted by molar-refractivity contribution is 6.03. The maximum absolute atomic E-state index is 14.2. The molecule has 2 aliphatic heterocycles. The number of likely N-dealkylation sites (tertiary alicyclic amines) is 1. The van der Waals surface area contributed by atoms with E-state index < -0.39 is 41.8 Å². The van der Waals surface area contributed by atoms with E-state index in [0.29, 0.717) is 18.8 Å². The molecular weight excluding hydrogens is 400 g/mol. The lowest BCUT2D eigenvalue weighted by Gasteiger charge is -2.25. The number of aromatic amines is 1. The van der Waals surface area contributed by atoms with Crippen molar-refractivity contribution in [2.75, 3.05) is 24.5 Å². The Morgan fingerprint density at radius 1 is 1.17 bits per heavy atom. The first-order valence-corrected chi connectivity index (χ1v) is 9.57. The highest BCUT2D eigenvalue weighted by Gasteiger charge is 2.34. The summed E-state index contributed by atoms with van der Waals surface area (Å²) >= 11 is 0. The number of carbonyl (C=O) groups excluding carboxylic acids is 2. The predicted octanol–water partition coefficient (Wildman–Crippen LogP) is 0.917. The van der Waals surface area contributed by atoms with Crippen LogP contribution in [-0.2, 0) is 0 Å². The van der Waals surface area contributed by atoms with Gasteiger partial charge in [0.05, 0.1) is 31.3 Å². The molecule has 2 aliphatic rings. The molecule has 0 aliphatic carbocycles. The van der Waals surface area contributed by atoms with Gasteiger partial charge in [-0.3, -0.25) is 15.2 Å². The molecule has 3 heterocycles. The molecule has 0 spiro atoms. The van der Waals surface area contributed by atoms with Gasteiger partial charge < -0.3 is 20.0 Å². The van der Waals surface area contributed by atoms with E-state index in [1.165, 1.54) is 6.07 Å². The maximum atomic E-state index is 14.2. The molecule has 1 aromatic heterocycles. The molecule has 1 aromatic carbocycles. The number of aliphatic hydroxyl groups is 2. The average Bonchev–Trinajstić information content (AvgIpc) is 3.44. The highest BCUT2D eigenvalue weighted by atomic mass is 19.1. The molecule has 0 radical (unpaired) electrons. The zero-order valence-electron chi connectivity index (χ0n) is 15.9. The summed E-state index contributed by atoms with van der Waals surface area (Å²) in [6.45, 7) is 0.390. The van der Waals surface area contributed by atoms with Crippen molar-refractivity contribution >= 4 is 17.8 Å². The van der Waals surface area contributed by atoms with Gasteiger partial charge in [0.1, 0.15) is 17.3 Å². The van der Waals surface area contributed by atoms with Crippen LogP contribution in [0.15, 0.2) is 24.3 Å². The van der Waals surface area contributed by atoms with Gasteiger partial charge in [0, 0.05) is 18.2 Å². The van der Waals surface area contributed by atoms with Gasteiger partial charge in [-0.1, -0.05) is 0 Å². The SMILES string of the molecule is O=C(NC(=O)N1CC(O)C(O)C1)c1cc(N2CCC[C@@H]2c2cc(F)ccc2F)n[nH]1. The topological polar surface area (TPSA) is 122 Å². The van der Waals surface area contributed by atoms with E-state index in [9.17, 15) is 28.6 Å². The van der Waals surface area contributed by atoms with Crippen molar-refractivity contribution in [3.63, 3.8) is 0 Å². The van der Waals surface area contributed by atoms with E-state index in [2.05, 4.69) is 15.5 Å². The molecule has 4 N–H and O–H groups in total. The van der Waals surface area contributed by atoms with Gasteiger partial charge in [-0.15, -0.1) is 0 Å². The number of anilines is 1. The Hall–Kier alpha value is -3.05. The quantitative estimate of drug-likeness (QED) is 0.585. The lowest BCUT2D eigenvalue weighted by Crippen LogP contribution is -2.42. The molecule has 30 heavy (non-hydrogen) atoms. The van der Waals surface area contributed by atoms with Gasteiger partial charge in [0.15, 0.2) is 5.82 Å². The summed E-state index contributed by atoms with van der Waals surface area (Å²) in [5, 5.41) is 27.9. The Labute approximate surface area is 170 Å². The molecule has 3 amide bonds. The second kappa shape index (κ2) is 8.00. The number of β-amino-alcohol motifs (C(OH)–C–C–N with tert-alkyl or cyclic N) is 2. The molecule has 3 atom stereocenters. The van der Waals surface area contributed by atoms with Gasteiger partial charge in [-0.2, -0.15) is 5.10 Å². The third-order valence-corrected chi connectivity index (χ3v) is 5.44. The minimum atomic E-state index is -1.06. The number of carbonyl (C=O) groups is 2. The summed E-state index contributed by atoms with van der Waals surface area (Å²) in [6.07, 6.45) is -0.764. The Kier molecular flexibility index (Phi) is 5.39. The molecular formula is C19H21F2N5O4. The van der Waals surface area contributed by atoms with E-state index in [1.807, 2.05) is 0 Å². The van der Waals surface area contributed by atoms with E-state index in [1.54, 1.807) is 4.90 Å². The minimum absolute atomic E-state index is 0.0176. The molecule has 0 bridgehead atoms. The molecule has 9 nitrogen and oxygen atoms in total. The number of H-pyrrole nitrogens is 1.